The molecule has 0 aliphatic carbocycles. The highest BCUT2D eigenvalue weighted by atomic mass is 16.5. The molecule has 0 fully saturated rings. The second kappa shape index (κ2) is 11.7. The smallest absolute Gasteiger partial charge is 0.248 e. The number of unbranched alkanes of at least 4 members (excludes halogenated alkanes) is 1. The van der Waals surface area contributed by atoms with E-state index in [2.05, 4.69) is 17.6 Å². The summed E-state index contributed by atoms with van der Waals surface area (Å²) in [6.45, 7) is 6.43. The summed E-state index contributed by atoms with van der Waals surface area (Å²) in [5.41, 5.74) is 3.03. The van der Waals surface area contributed by atoms with E-state index in [4.69, 9.17) is 9.47 Å². The van der Waals surface area contributed by atoms with E-state index in [1.807, 2.05) is 37.3 Å². The third-order valence-corrected chi connectivity index (χ3v) is 4.47. The molecule has 0 bridgehead atoms. The summed E-state index contributed by atoms with van der Waals surface area (Å²) in [6, 6.07) is 11.0. The molecule has 160 valence electrons. The lowest BCUT2D eigenvalue weighted by Crippen LogP contribution is -2.12. The largest absolute Gasteiger partial charge is 0.493 e. The van der Waals surface area contributed by atoms with Gasteiger partial charge >= 0.3 is 0 Å². The Morgan fingerprint density at radius 3 is 2.53 bits per heavy atom. The zero-order valence-electron chi connectivity index (χ0n) is 18.1. The van der Waals surface area contributed by atoms with Crippen molar-refractivity contribution in [2.75, 3.05) is 24.4 Å². The predicted molar refractivity (Wildman–Crippen MR) is 121 cm³/mol. The third-order valence-electron chi connectivity index (χ3n) is 4.47. The van der Waals surface area contributed by atoms with Gasteiger partial charge in [-0.05, 0) is 54.8 Å². The molecule has 2 amide bonds. The molecule has 0 saturated heterocycles. The SMILES string of the molecule is CCCCOc1ccc(/C=C/C(=O)Nc2cc(NC(=O)CC)ccc2C)cc1OC. The van der Waals surface area contributed by atoms with Crippen molar-refractivity contribution in [2.24, 2.45) is 0 Å². The zero-order chi connectivity index (χ0) is 21.9. The van der Waals surface area contributed by atoms with Gasteiger partial charge in [-0.1, -0.05) is 32.4 Å². The Morgan fingerprint density at radius 2 is 1.83 bits per heavy atom. The fraction of sp³-hybridized carbons (Fsp3) is 0.333. The van der Waals surface area contributed by atoms with Crippen molar-refractivity contribution in [2.45, 2.75) is 40.0 Å². The van der Waals surface area contributed by atoms with Crippen LogP contribution in [-0.2, 0) is 9.59 Å². The van der Waals surface area contributed by atoms with Gasteiger partial charge in [-0.3, -0.25) is 9.59 Å². The van der Waals surface area contributed by atoms with Crippen molar-refractivity contribution in [1.29, 1.82) is 0 Å². The second-order valence-corrected chi connectivity index (χ2v) is 6.87. The number of hydrogen-bond acceptors (Lipinski definition) is 4. The highest BCUT2D eigenvalue weighted by Gasteiger charge is 2.07. The average Bonchev–Trinajstić information content (AvgIpc) is 2.75. The van der Waals surface area contributed by atoms with E-state index in [9.17, 15) is 9.59 Å². The number of benzene rings is 2. The summed E-state index contributed by atoms with van der Waals surface area (Å²) in [5.74, 6) is 0.976. The summed E-state index contributed by atoms with van der Waals surface area (Å²) in [5, 5.41) is 5.65. The Morgan fingerprint density at radius 1 is 1.03 bits per heavy atom. The highest BCUT2D eigenvalue weighted by molar-refractivity contribution is 6.03. The first kappa shape index (κ1) is 23.0. The number of hydrogen-bond donors (Lipinski definition) is 2. The summed E-state index contributed by atoms with van der Waals surface area (Å²) < 4.78 is 11.1. The van der Waals surface area contributed by atoms with Crippen LogP contribution in [0.5, 0.6) is 11.5 Å². The molecule has 0 heterocycles. The van der Waals surface area contributed by atoms with Gasteiger partial charge in [0.05, 0.1) is 13.7 Å². The molecule has 6 nitrogen and oxygen atoms in total. The maximum Gasteiger partial charge on any atom is 0.248 e. The molecule has 0 aromatic heterocycles. The molecular weight excluding hydrogens is 380 g/mol. The van der Waals surface area contributed by atoms with Crippen molar-refractivity contribution in [1.82, 2.24) is 0 Å². The van der Waals surface area contributed by atoms with Gasteiger partial charge in [0.2, 0.25) is 11.8 Å². The quantitative estimate of drug-likeness (QED) is 0.418. The molecule has 0 aliphatic heterocycles. The molecule has 2 aromatic rings. The number of carbonyl (C=O) groups excluding carboxylic acids is 2. The minimum Gasteiger partial charge on any atom is -0.493 e. The molecule has 2 N–H and O–H groups in total. The van der Waals surface area contributed by atoms with Gasteiger partial charge in [-0.25, -0.2) is 0 Å². The minimum absolute atomic E-state index is 0.0768. The van der Waals surface area contributed by atoms with Crippen LogP contribution in [0.15, 0.2) is 42.5 Å². The van der Waals surface area contributed by atoms with Gasteiger partial charge in [-0.15, -0.1) is 0 Å². The lowest BCUT2D eigenvalue weighted by molar-refractivity contribution is -0.116. The lowest BCUT2D eigenvalue weighted by atomic mass is 10.1. The zero-order valence-corrected chi connectivity index (χ0v) is 18.1. The van der Waals surface area contributed by atoms with E-state index in [0.29, 0.717) is 35.9 Å². The van der Waals surface area contributed by atoms with Crippen LogP contribution >= 0.6 is 0 Å². The van der Waals surface area contributed by atoms with Gasteiger partial charge in [-0.2, -0.15) is 0 Å². The van der Waals surface area contributed by atoms with E-state index in [1.165, 1.54) is 6.08 Å². The van der Waals surface area contributed by atoms with Crippen LogP contribution < -0.4 is 20.1 Å². The summed E-state index contributed by atoms with van der Waals surface area (Å²) >= 11 is 0. The molecule has 2 aromatic carbocycles. The molecule has 2 rings (SSSR count). The molecule has 0 aliphatic rings. The number of aryl methyl sites for hydroxylation is 1. The summed E-state index contributed by atoms with van der Waals surface area (Å²) in [6.07, 6.45) is 5.61. The lowest BCUT2D eigenvalue weighted by Gasteiger charge is -2.11. The molecule has 6 heteroatoms. The minimum atomic E-state index is -0.265. The Hall–Kier alpha value is -3.28. The van der Waals surface area contributed by atoms with Crippen molar-refractivity contribution >= 4 is 29.3 Å². The van der Waals surface area contributed by atoms with E-state index in [1.54, 1.807) is 26.2 Å². The molecule has 0 atom stereocenters. The fourth-order valence-corrected chi connectivity index (χ4v) is 2.66. The van der Waals surface area contributed by atoms with Crippen LogP contribution in [0.3, 0.4) is 0 Å². The Kier molecular flexibility index (Phi) is 8.94. The fourth-order valence-electron chi connectivity index (χ4n) is 2.66. The van der Waals surface area contributed by atoms with E-state index >= 15 is 0 Å². The third kappa shape index (κ3) is 6.95. The standard InChI is InChI=1S/C24H30N2O4/c1-5-7-14-30-21-12-9-18(15-22(21)29-4)10-13-24(28)26-20-16-19(11-8-17(20)3)25-23(27)6-2/h8-13,15-16H,5-7,14H2,1-4H3,(H,25,27)(H,26,28)/b13-10+. The van der Waals surface area contributed by atoms with E-state index in [-0.39, 0.29) is 11.8 Å². The molecule has 0 saturated carbocycles. The van der Waals surface area contributed by atoms with Crippen LogP contribution in [0.4, 0.5) is 11.4 Å². The maximum absolute atomic E-state index is 12.4. The first-order valence-electron chi connectivity index (χ1n) is 10.2. The molecular formula is C24H30N2O4. The van der Waals surface area contributed by atoms with Gasteiger partial charge < -0.3 is 20.1 Å². The number of anilines is 2. The second-order valence-electron chi connectivity index (χ2n) is 6.87. The number of ether oxygens (including phenoxy) is 2. The topological polar surface area (TPSA) is 76.7 Å². The van der Waals surface area contributed by atoms with Gasteiger partial charge in [0.1, 0.15) is 0 Å². The van der Waals surface area contributed by atoms with Crippen LogP contribution in [-0.4, -0.2) is 25.5 Å². The van der Waals surface area contributed by atoms with Crippen LogP contribution in [0.25, 0.3) is 6.08 Å². The van der Waals surface area contributed by atoms with Crippen LogP contribution in [0.2, 0.25) is 0 Å². The van der Waals surface area contributed by atoms with Crippen molar-refractivity contribution < 1.29 is 19.1 Å². The Balaban J connectivity index is 2.05. The Labute approximate surface area is 178 Å². The molecule has 0 radical (unpaired) electrons. The van der Waals surface area contributed by atoms with Gasteiger partial charge in [0.25, 0.3) is 0 Å². The first-order valence-corrected chi connectivity index (χ1v) is 10.2. The summed E-state index contributed by atoms with van der Waals surface area (Å²) in [7, 11) is 1.59. The molecule has 30 heavy (non-hydrogen) atoms. The van der Waals surface area contributed by atoms with Crippen molar-refractivity contribution in [3.63, 3.8) is 0 Å². The van der Waals surface area contributed by atoms with E-state index < -0.39 is 0 Å². The number of rotatable bonds is 10. The molecule has 0 unspecified atom stereocenters. The highest BCUT2D eigenvalue weighted by Crippen LogP contribution is 2.29. The average molecular weight is 411 g/mol. The number of methoxy groups -OCH3 is 1. The normalized spacial score (nSPS) is 10.7. The Bertz CT molecular complexity index is 906. The van der Waals surface area contributed by atoms with E-state index in [0.717, 1.165) is 24.0 Å². The monoisotopic (exact) mass is 410 g/mol. The summed E-state index contributed by atoms with van der Waals surface area (Å²) in [4.78, 5) is 24.0. The van der Waals surface area contributed by atoms with Gasteiger partial charge in [0, 0.05) is 23.9 Å². The molecule has 0 spiro atoms. The first-order chi connectivity index (χ1) is 14.5. The van der Waals surface area contributed by atoms with Crippen molar-refractivity contribution in [3.05, 3.63) is 53.6 Å². The predicted octanol–water partition coefficient (Wildman–Crippen LogP) is 5.18. The maximum atomic E-state index is 12.4. The number of nitrogens with one attached hydrogen (secondary N) is 2. The number of amides is 2. The number of carbonyl (C=O) groups is 2. The van der Waals surface area contributed by atoms with Crippen molar-refractivity contribution in [3.8, 4) is 11.5 Å². The van der Waals surface area contributed by atoms with Gasteiger partial charge in [0.15, 0.2) is 11.5 Å². The van der Waals surface area contributed by atoms with Crippen LogP contribution in [0, 0.1) is 6.92 Å². The van der Waals surface area contributed by atoms with Crippen LogP contribution in [0.1, 0.15) is 44.2 Å².